The third-order valence-electron chi connectivity index (χ3n) is 14.0. The van der Waals surface area contributed by atoms with E-state index < -0.39 is 6.10 Å². The van der Waals surface area contributed by atoms with E-state index in [2.05, 4.69) is 30.4 Å². The van der Waals surface area contributed by atoms with Crippen LogP contribution in [0.2, 0.25) is 10.0 Å². The molecule has 4 aromatic carbocycles. The van der Waals surface area contributed by atoms with Gasteiger partial charge in [0.15, 0.2) is 23.2 Å². The lowest BCUT2D eigenvalue weighted by molar-refractivity contribution is -0.124. The number of nitrogens with zero attached hydrogens (tertiary/aromatic N) is 6. The first-order chi connectivity index (χ1) is 38.2. The first-order valence-electron chi connectivity index (χ1n) is 27.6. The van der Waals surface area contributed by atoms with Crippen molar-refractivity contribution in [2.45, 2.75) is 98.4 Å². The predicted octanol–water partition coefficient (Wildman–Crippen LogP) is 9.82. The highest BCUT2D eigenvalue weighted by Crippen LogP contribution is 2.30. The lowest BCUT2D eigenvalue weighted by Crippen LogP contribution is -2.45. The van der Waals surface area contributed by atoms with Crippen LogP contribution in [0, 0.1) is 11.8 Å². The normalized spacial score (nSPS) is 14.5. The first-order valence-corrected chi connectivity index (χ1v) is 28.3. The number of hydrogen-bond acceptors (Lipinski definition) is 12. The third kappa shape index (κ3) is 17.7. The molecule has 0 radical (unpaired) electrons. The quantitative estimate of drug-likeness (QED) is 0.0437. The van der Waals surface area contributed by atoms with Crippen LogP contribution in [-0.4, -0.2) is 128 Å². The second-order valence-corrected chi connectivity index (χ2v) is 22.5. The zero-order valence-corrected chi connectivity index (χ0v) is 48.8. The number of Topliss-reactive ketones (excluding diaryl/α,β-unsaturated/α-hetero) is 3. The fraction of sp³-hybridized carbons (Fsp3) is 0.435. The molecule has 0 aliphatic carbocycles. The fourth-order valence-corrected chi connectivity index (χ4v) is 10.0. The van der Waals surface area contributed by atoms with E-state index in [0.717, 1.165) is 72.7 Å². The minimum Gasteiger partial charge on any atom is -0.489 e. The van der Waals surface area contributed by atoms with E-state index in [1.807, 2.05) is 100 Å². The smallest absolute Gasteiger partial charge is 0.234 e. The Kier molecular flexibility index (Phi) is 21.8. The number of aryl methyl sites for hydroxylation is 2. The van der Waals surface area contributed by atoms with E-state index in [1.54, 1.807) is 54.9 Å². The highest BCUT2D eigenvalue weighted by molar-refractivity contribution is 6.32. The van der Waals surface area contributed by atoms with Crippen molar-refractivity contribution in [1.29, 1.82) is 0 Å². The van der Waals surface area contributed by atoms with Gasteiger partial charge in [-0.25, -0.2) is 9.97 Å². The van der Waals surface area contributed by atoms with Crippen molar-refractivity contribution < 1.29 is 38.6 Å². The molecule has 2 aliphatic heterocycles. The summed E-state index contributed by atoms with van der Waals surface area (Å²) in [4.78, 5) is 76.6. The molecule has 3 N–H and O–H groups in total. The van der Waals surface area contributed by atoms with Crippen molar-refractivity contribution in [3.8, 4) is 34.0 Å². The first kappa shape index (κ1) is 60.9. The molecule has 2 saturated heterocycles. The maximum Gasteiger partial charge on any atom is 0.234 e. The Hall–Kier alpha value is -6.69. The monoisotopic (exact) mass is 1130 g/mol. The van der Waals surface area contributed by atoms with Gasteiger partial charge >= 0.3 is 0 Å². The number of amides is 2. The number of halogens is 2. The molecule has 2 amide bonds. The van der Waals surface area contributed by atoms with Crippen molar-refractivity contribution in [3.63, 3.8) is 0 Å². The second kappa shape index (κ2) is 28.6. The molecule has 0 spiro atoms. The van der Waals surface area contributed by atoms with Gasteiger partial charge < -0.3 is 34.3 Å². The maximum absolute atomic E-state index is 13.3. The Morgan fingerprint density at radius 3 is 1.35 bits per heavy atom. The summed E-state index contributed by atoms with van der Waals surface area (Å²) in [5.41, 5.74) is 6.51. The lowest BCUT2D eigenvalue weighted by Gasteiger charge is -2.30. The summed E-state index contributed by atoms with van der Waals surface area (Å²) >= 11 is 12.8. The van der Waals surface area contributed by atoms with Crippen molar-refractivity contribution >= 4 is 52.4 Å². The maximum atomic E-state index is 13.3. The predicted molar refractivity (Wildman–Crippen MR) is 313 cm³/mol. The van der Waals surface area contributed by atoms with E-state index >= 15 is 0 Å². The lowest BCUT2D eigenvalue weighted by atomic mass is 9.91. The third-order valence-corrected chi connectivity index (χ3v) is 14.6. The summed E-state index contributed by atoms with van der Waals surface area (Å²) in [6.45, 7) is 16.2. The van der Waals surface area contributed by atoms with Crippen LogP contribution in [0.4, 0.5) is 0 Å². The molecule has 2 fully saturated rings. The molecular weight excluding hydrogens is 1060 g/mol. The summed E-state index contributed by atoms with van der Waals surface area (Å²) < 4.78 is 14.9. The zero-order valence-electron chi connectivity index (χ0n) is 47.3. The summed E-state index contributed by atoms with van der Waals surface area (Å²) in [5.74, 6) is 1.71. The number of aliphatic hydroxyl groups is 1. The Morgan fingerprint density at radius 2 is 1.01 bits per heavy atom. The number of ether oxygens (including phenoxy) is 2. The minimum absolute atomic E-state index is 0.0187. The van der Waals surface area contributed by atoms with Crippen LogP contribution in [0.1, 0.15) is 122 Å². The summed E-state index contributed by atoms with van der Waals surface area (Å²) in [5, 5.41) is 16.8. The van der Waals surface area contributed by atoms with E-state index in [4.69, 9.17) is 32.7 Å². The fourth-order valence-electron chi connectivity index (χ4n) is 9.58. The largest absolute Gasteiger partial charge is 0.489 e. The number of ketones is 3. The molecule has 18 heteroatoms. The number of nitrogens with one attached hydrogen (secondary N) is 2. The van der Waals surface area contributed by atoms with Gasteiger partial charge in [0.05, 0.1) is 46.7 Å². The van der Waals surface area contributed by atoms with Crippen LogP contribution in [0.25, 0.3) is 22.5 Å². The average Bonchev–Trinajstić information content (AvgIpc) is 4.02. The van der Waals surface area contributed by atoms with Crippen molar-refractivity contribution in [2.75, 3.05) is 52.4 Å². The number of likely N-dealkylation sites (tertiary alicyclic amines) is 2. The summed E-state index contributed by atoms with van der Waals surface area (Å²) in [6, 6.07) is 26.3. The molecule has 6 aromatic rings. The van der Waals surface area contributed by atoms with Crippen LogP contribution >= 0.6 is 23.2 Å². The molecule has 4 heterocycles. The van der Waals surface area contributed by atoms with Crippen LogP contribution in [0.5, 0.6) is 11.5 Å². The van der Waals surface area contributed by atoms with Gasteiger partial charge in [-0.2, -0.15) is 0 Å². The van der Waals surface area contributed by atoms with Crippen molar-refractivity contribution in [3.05, 3.63) is 141 Å². The number of benzene rings is 4. The van der Waals surface area contributed by atoms with Gasteiger partial charge in [-0.1, -0.05) is 71.7 Å². The molecule has 0 bridgehead atoms. The Morgan fingerprint density at radius 1 is 0.600 bits per heavy atom. The molecule has 2 aliphatic rings. The van der Waals surface area contributed by atoms with E-state index in [-0.39, 0.29) is 66.0 Å². The molecule has 16 nitrogen and oxygen atoms in total. The van der Waals surface area contributed by atoms with E-state index in [1.165, 1.54) is 6.92 Å². The van der Waals surface area contributed by atoms with Crippen LogP contribution < -0.4 is 20.1 Å². The average molecular weight is 1130 g/mol. The van der Waals surface area contributed by atoms with Gasteiger partial charge in [0.1, 0.15) is 23.4 Å². The molecular formula is C62H76Cl2N8O8. The van der Waals surface area contributed by atoms with E-state index in [9.17, 15) is 29.1 Å². The molecule has 426 valence electrons. The Bertz CT molecular complexity index is 3090. The van der Waals surface area contributed by atoms with Crippen molar-refractivity contribution in [1.82, 2.24) is 39.5 Å². The standard InChI is InChI=1S/C31H39ClN4O4.C31H37ClN4O4/c2*1-20(2)40-29-11-10-25(16-26(29)32)28(38)15-23(17-33-30(39)19-36-12-5-13-36)14-22-6-8-24(9-7-22)27-18-35(4)31(34-27)21(3)37/h6-11,16,18,20-21,23,37H,5,12-15,17,19H2,1-4H3,(H,33,39);6-11,16,18,20,23H,5,12-15,17,19H2,1-4H3,(H,33,39). The summed E-state index contributed by atoms with van der Waals surface area (Å²) in [7, 11) is 3.67. The summed E-state index contributed by atoms with van der Waals surface area (Å²) in [6.07, 6.45) is 7.05. The molecule has 80 heavy (non-hydrogen) atoms. The highest BCUT2D eigenvalue weighted by atomic mass is 35.5. The molecule has 8 rings (SSSR count). The SMILES string of the molecule is CC(=O)c1nc(-c2ccc(CC(CNC(=O)CN3CCC3)CC(=O)c3ccc(OC(C)C)c(Cl)c3)cc2)cn1C.CC(C)Oc1ccc(C(=O)CC(CNC(=O)CN2CCC2)Cc2ccc(-c3cn(C)c(C(C)O)n3)cc2)cc1Cl. The second-order valence-electron chi connectivity index (χ2n) is 21.7. The van der Waals surface area contributed by atoms with Crippen molar-refractivity contribution in [2.24, 2.45) is 25.9 Å². The van der Waals surface area contributed by atoms with Gasteiger partial charge in [-0.3, -0.25) is 33.8 Å². The number of aliphatic hydroxyl groups excluding tert-OH is 1. The Labute approximate surface area is 480 Å². The molecule has 2 aromatic heterocycles. The van der Waals surface area contributed by atoms with Gasteiger partial charge in [0, 0.05) is 81.6 Å². The number of carbonyl (C=O) groups is 5. The zero-order chi connectivity index (χ0) is 57.6. The van der Waals surface area contributed by atoms with Gasteiger partial charge in [0.2, 0.25) is 11.8 Å². The number of imidazole rings is 2. The van der Waals surface area contributed by atoms with Gasteiger partial charge in [0.25, 0.3) is 0 Å². The van der Waals surface area contributed by atoms with Crippen LogP contribution in [-0.2, 0) is 36.5 Å². The van der Waals surface area contributed by atoms with Gasteiger partial charge in [-0.15, -0.1) is 0 Å². The number of hydrogen-bond donors (Lipinski definition) is 3. The molecule has 3 atom stereocenters. The number of rotatable bonds is 26. The number of aromatic nitrogens is 4. The Balaban J connectivity index is 0.000000231. The van der Waals surface area contributed by atoms with E-state index in [0.29, 0.717) is 83.3 Å². The highest BCUT2D eigenvalue weighted by Gasteiger charge is 2.24. The van der Waals surface area contributed by atoms with Gasteiger partial charge in [-0.05, 0) is 146 Å². The molecule has 3 unspecified atom stereocenters. The molecule has 0 saturated carbocycles. The van der Waals surface area contributed by atoms with Crippen LogP contribution in [0.3, 0.4) is 0 Å². The van der Waals surface area contributed by atoms with Crippen LogP contribution in [0.15, 0.2) is 97.3 Å². The minimum atomic E-state index is -0.651. The topological polar surface area (TPSA) is 190 Å². The number of carbonyl (C=O) groups excluding carboxylic acids is 5.